The number of rotatable bonds is 2. The van der Waals surface area contributed by atoms with Crippen molar-refractivity contribution in [1.29, 1.82) is 0 Å². The highest BCUT2D eigenvalue weighted by Crippen LogP contribution is 2.25. The van der Waals surface area contributed by atoms with Crippen LogP contribution in [0.15, 0.2) is 16.6 Å². The number of aryl methyl sites for hydroxylation is 1. The number of ether oxygens (including phenoxy) is 1. The molecule has 1 aromatic carbocycles. The fraction of sp³-hybridized carbons (Fsp3) is 0.300. The summed E-state index contributed by atoms with van der Waals surface area (Å²) in [6, 6.07) is 3.87. The molecule has 0 aliphatic carbocycles. The van der Waals surface area contributed by atoms with Crippen LogP contribution < -0.4 is 0 Å². The Labute approximate surface area is 99.9 Å². The third-order valence-electron chi connectivity index (χ3n) is 1.85. The van der Waals surface area contributed by atoms with Crippen LogP contribution in [0.2, 0.25) is 0 Å². The van der Waals surface area contributed by atoms with Crippen molar-refractivity contribution in [2.75, 3.05) is 7.11 Å². The number of hydrogen-bond donors (Lipinski definition) is 0. The number of carbonyl (C=O) groups is 1. The Morgan fingerprint density at radius 3 is 2.64 bits per heavy atom. The summed E-state index contributed by atoms with van der Waals surface area (Å²) in [6.07, 6.45) is 0. The minimum Gasteiger partial charge on any atom is -0.465 e. The normalized spacial score (nSPS) is 10.0. The molecule has 4 heteroatoms. The van der Waals surface area contributed by atoms with Gasteiger partial charge in [-0.25, -0.2) is 4.79 Å². The summed E-state index contributed by atoms with van der Waals surface area (Å²) in [7, 11) is 1.38. The van der Waals surface area contributed by atoms with Crippen molar-refractivity contribution in [2.45, 2.75) is 12.3 Å². The summed E-state index contributed by atoms with van der Waals surface area (Å²) in [5, 5.41) is 0.637. The van der Waals surface area contributed by atoms with E-state index in [2.05, 4.69) is 31.9 Å². The van der Waals surface area contributed by atoms with Crippen LogP contribution in [0.5, 0.6) is 0 Å². The fourth-order valence-electron chi connectivity index (χ4n) is 1.25. The van der Waals surface area contributed by atoms with Gasteiger partial charge in [-0.3, -0.25) is 0 Å². The summed E-state index contributed by atoms with van der Waals surface area (Å²) in [4.78, 5) is 11.5. The topological polar surface area (TPSA) is 26.3 Å². The van der Waals surface area contributed by atoms with Gasteiger partial charge in [0.25, 0.3) is 0 Å². The van der Waals surface area contributed by atoms with Crippen molar-refractivity contribution < 1.29 is 9.53 Å². The zero-order valence-electron chi connectivity index (χ0n) is 7.93. The maximum absolute atomic E-state index is 11.5. The Morgan fingerprint density at radius 2 is 2.14 bits per heavy atom. The molecule has 0 N–H and O–H groups in total. The highest BCUT2D eigenvalue weighted by atomic mass is 79.9. The lowest BCUT2D eigenvalue weighted by Gasteiger charge is -2.08. The standard InChI is InChI=1S/C10H10Br2O2/c1-6-3-7(5-11)9(8(12)4-6)10(13)14-2/h3-4H,5H2,1-2H3. The zero-order chi connectivity index (χ0) is 10.7. The van der Waals surface area contributed by atoms with Crippen LogP contribution in [0.4, 0.5) is 0 Å². The van der Waals surface area contributed by atoms with Crippen LogP contribution in [-0.2, 0) is 10.1 Å². The third kappa shape index (κ3) is 2.36. The molecule has 0 aliphatic heterocycles. The molecule has 0 spiro atoms. The molecule has 0 heterocycles. The molecule has 0 saturated carbocycles. The number of methoxy groups -OCH3 is 1. The van der Waals surface area contributed by atoms with Crippen LogP contribution in [0, 0.1) is 6.92 Å². The molecule has 14 heavy (non-hydrogen) atoms. The molecule has 1 rings (SSSR count). The lowest BCUT2D eigenvalue weighted by Crippen LogP contribution is -2.06. The Kier molecular flexibility index (Phi) is 4.13. The molecule has 0 fully saturated rings. The average Bonchev–Trinajstić information content (AvgIpc) is 2.15. The largest absolute Gasteiger partial charge is 0.465 e. The van der Waals surface area contributed by atoms with Gasteiger partial charge >= 0.3 is 5.97 Å². The van der Waals surface area contributed by atoms with Crippen LogP contribution in [0.3, 0.4) is 0 Å². The van der Waals surface area contributed by atoms with Crippen LogP contribution in [0.25, 0.3) is 0 Å². The number of alkyl halides is 1. The molecule has 0 bridgehead atoms. The van der Waals surface area contributed by atoms with Gasteiger partial charge < -0.3 is 4.74 Å². The number of esters is 1. The second-order valence-electron chi connectivity index (χ2n) is 2.91. The van der Waals surface area contributed by atoms with Crippen LogP contribution in [0.1, 0.15) is 21.5 Å². The number of halogens is 2. The molecular weight excluding hydrogens is 312 g/mol. The molecule has 0 amide bonds. The van der Waals surface area contributed by atoms with Gasteiger partial charge in [0, 0.05) is 9.80 Å². The smallest absolute Gasteiger partial charge is 0.339 e. The maximum atomic E-state index is 11.5. The van der Waals surface area contributed by atoms with Gasteiger partial charge in [-0.1, -0.05) is 22.0 Å². The molecule has 0 atom stereocenters. The Bertz CT molecular complexity index is 361. The molecule has 0 aromatic heterocycles. The van der Waals surface area contributed by atoms with Gasteiger partial charge in [0.05, 0.1) is 12.7 Å². The zero-order valence-corrected chi connectivity index (χ0v) is 11.1. The lowest BCUT2D eigenvalue weighted by atomic mass is 10.1. The average molecular weight is 322 g/mol. The monoisotopic (exact) mass is 320 g/mol. The van der Waals surface area contributed by atoms with Crippen molar-refractivity contribution in [3.63, 3.8) is 0 Å². The first-order valence-corrected chi connectivity index (χ1v) is 5.95. The lowest BCUT2D eigenvalue weighted by molar-refractivity contribution is 0.0599. The van der Waals surface area contributed by atoms with Gasteiger partial charge in [-0.15, -0.1) is 0 Å². The number of hydrogen-bond acceptors (Lipinski definition) is 2. The van der Waals surface area contributed by atoms with Crippen LogP contribution >= 0.6 is 31.9 Å². The summed E-state index contributed by atoms with van der Waals surface area (Å²) < 4.78 is 5.49. The number of benzene rings is 1. The second-order valence-corrected chi connectivity index (χ2v) is 4.32. The van der Waals surface area contributed by atoms with E-state index in [4.69, 9.17) is 4.74 Å². The first-order chi connectivity index (χ1) is 6.60. The van der Waals surface area contributed by atoms with E-state index in [9.17, 15) is 4.79 Å². The first-order valence-electron chi connectivity index (χ1n) is 4.03. The second kappa shape index (κ2) is 4.94. The van der Waals surface area contributed by atoms with E-state index < -0.39 is 0 Å². The summed E-state index contributed by atoms with van der Waals surface area (Å²) in [5.41, 5.74) is 2.64. The molecular formula is C10H10Br2O2. The summed E-state index contributed by atoms with van der Waals surface area (Å²) >= 11 is 6.70. The Morgan fingerprint density at radius 1 is 1.50 bits per heavy atom. The van der Waals surface area contributed by atoms with E-state index in [0.717, 1.165) is 15.6 Å². The molecule has 0 aliphatic rings. The molecule has 0 unspecified atom stereocenters. The minimum absolute atomic E-state index is 0.314. The van der Waals surface area contributed by atoms with Gasteiger partial charge in [0.2, 0.25) is 0 Å². The van der Waals surface area contributed by atoms with Crippen molar-refractivity contribution in [2.24, 2.45) is 0 Å². The molecule has 1 aromatic rings. The van der Waals surface area contributed by atoms with Crippen molar-refractivity contribution in [1.82, 2.24) is 0 Å². The highest BCUT2D eigenvalue weighted by Gasteiger charge is 2.15. The van der Waals surface area contributed by atoms with Gasteiger partial charge in [0.1, 0.15) is 0 Å². The van der Waals surface area contributed by atoms with E-state index in [-0.39, 0.29) is 5.97 Å². The van der Waals surface area contributed by atoms with Crippen molar-refractivity contribution in [3.05, 3.63) is 33.3 Å². The van der Waals surface area contributed by atoms with E-state index in [1.54, 1.807) is 0 Å². The van der Waals surface area contributed by atoms with Crippen molar-refractivity contribution >= 4 is 37.8 Å². The fourth-order valence-corrected chi connectivity index (χ4v) is 2.47. The van der Waals surface area contributed by atoms with Crippen molar-refractivity contribution in [3.8, 4) is 0 Å². The SMILES string of the molecule is COC(=O)c1c(Br)cc(C)cc1CBr. The predicted octanol–water partition coefficient (Wildman–Crippen LogP) is 3.44. The Balaban J connectivity index is 3.32. The summed E-state index contributed by atoms with van der Waals surface area (Å²) in [5.74, 6) is -0.314. The molecule has 0 radical (unpaired) electrons. The van der Waals surface area contributed by atoms with Gasteiger partial charge in [-0.2, -0.15) is 0 Å². The molecule has 0 saturated heterocycles. The van der Waals surface area contributed by atoms with Gasteiger partial charge in [-0.05, 0) is 40.0 Å². The van der Waals surface area contributed by atoms with Crippen LogP contribution in [-0.4, -0.2) is 13.1 Å². The maximum Gasteiger partial charge on any atom is 0.339 e. The Hall–Kier alpha value is -0.350. The van der Waals surface area contributed by atoms with E-state index in [1.165, 1.54) is 7.11 Å². The first kappa shape index (κ1) is 11.7. The predicted molar refractivity (Wildman–Crippen MR) is 62.8 cm³/mol. The molecule has 76 valence electrons. The van der Waals surface area contributed by atoms with Gasteiger partial charge in [0.15, 0.2) is 0 Å². The molecule has 2 nitrogen and oxygen atoms in total. The third-order valence-corrected chi connectivity index (χ3v) is 3.08. The minimum atomic E-state index is -0.314. The summed E-state index contributed by atoms with van der Waals surface area (Å²) in [6.45, 7) is 1.98. The highest BCUT2D eigenvalue weighted by molar-refractivity contribution is 9.10. The quantitative estimate of drug-likeness (QED) is 0.616. The van der Waals surface area contributed by atoms with E-state index in [0.29, 0.717) is 10.9 Å². The number of carbonyl (C=O) groups excluding carboxylic acids is 1. The van der Waals surface area contributed by atoms with E-state index in [1.807, 2.05) is 19.1 Å². The van der Waals surface area contributed by atoms with E-state index >= 15 is 0 Å².